The van der Waals surface area contributed by atoms with Gasteiger partial charge in [0, 0.05) is 5.70 Å². The molecule has 158 valence electrons. The summed E-state index contributed by atoms with van der Waals surface area (Å²) >= 11 is 0. The van der Waals surface area contributed by atoms with Gasteiger partial charge in [-0.05, 0) is 25.8 Å². The predicted molar refractivity (Wildman–Crippen MR) is 104 cm³/mol. The molecule has 0 saturated heterocycles. The molecule has 2 N–H and O–H groups in total. The molecule has 0 aliphatic carbocycles. The van der Waals surface area contributed by atoms with Gasteiger partial charge in [0.25, 0.3) is 5.69 Å². The third-order valence-corrected chi connectivity index (χ3v) is 4.46. The quantitative estimate of drug-likeness (QED) is 0.366. The number of rotatable bonds is 9. The van der Waals surface area contributed by atoms with Crippen LogP contribution in [-0.2, 0) is 9.53 Å². The van der Waals surface area contributed by atoms with Crippen molar-refractivity contribution in [2.24, 2.45) is 0 Å². The lowest BCUT2D eigenvalue weighted by molar-refractivity contribution is -0.385. The molecule has 1 atom stereocenters. The maximum absolute atomic E-state index is 12.5. The van der Waals surface area contributed by atoms with Crippen LogP contribution in [0.5, 0.6) is 11.5 Å². The Hall–Kier alpha value is -3.30. The highest BCUT2D eigenvalue weighted by Gasteiger charge is 2.37. The highest BCUT2D eigenvalue weighted by molar-refractivity contribution is 5.95. The lowest BCUT2D eigenvalue weighted by Crippen LogP contribution is -2.46. The van der Waals surface area contributed by atoms with Crippen molar-refractivity contribution in [1.29, 1.82) is 0 Å². The van der Waals surface area contributed by atoms with Crippen LogP contribution >= 0.6 is 0 Å². The Morgan fingerprint density at radius 3 is 2.52 bits per heavy atom. The lowest BCUT2D eigenvalue weighted by Gasteiger charge is -2.29. The van der Waals surface area contributed by atoms with Crippen molar-refractivity contribution in [2.45, 2.75) is 39.2 Å². The molecule has 0 aromatic heterocycles. The van der Waals surface area contributed by atoms with Gasteiger partial charge in [-0.1, -0.05) is 13.3 Å². The minimum absolute atomic E-state index is 0.100. The van der Waals surface area contributed by atoms with Crippen LogP contribution in [0.2, 0.25) is 0 Å². The van der Waals surface area contributed by atoms with E-state index in [2.05, 4.69) is 10.6 Å². The monoisotopic (exact) mass is 407 g/mol. The summed E-state index contributed by atoms with van der Waals surface area (Å²) in [5.41, 5.74) is 0.295. The first-order chi connectivity index (χ1) is 13.9. The molecule has 1 aliphatic rings. The number of esters is 1. The van der Waals surface area contributed by atoms with E-state index in [0.29, 0.717) is 18.7 Å². The summed E-state index contributed by atoms with van der Waals surface area (Å²) in [6, 6.07) is 0.997. The Labute approximate surface area is 168 Å². The number of ether oxygens (including phenoxy) is 3. The second-order valence-electron chi connectivity index (χ2n) is 6.27. The predicted octanol–water partition coefficient (Wildman–Crippen LogP) is 2.97. The molecule has 1 unspecified atom stereocenters. The average Bonchev–Trinajstić information content (AvgIpc) is 2.70. The lowest BCUT2D eigenvalue weighted by atomic mass is 9.92. The van der Waals surface area contributed by atoms with E-state index in [0.717, 1.165) is 12.8 Å². The van der Waals surface area contributed by atoms with Gasteiger partial charge in [-0.15, -0.1) is 0 Å². The molecule has 2 amide bonds. The molecule has 1 aliphatic heterocycles. The van der Waals surface area contributed by atoms with Crippen molar-refractivity contribution < 1.29 is 28.7 Å². The van der Waals surface area contributed by atoms with Gasteiger partial charge in [0.15, 0.2) is 11.5 Å². The number of hydrogen-bond donors (Lipinski definition) is 2. The number of nitrogens with zero attached hydrogens (tertiary/aromatic N) is 1. The zero-order valence-electron chi connectivity index (χ0n) is 16.9. The van der Waals surface area contributed by atoms with E-state index in [1.165, 1.54) is 26.4 Å². The number of nitrogens with one attached hydrogen (secondary N) is 2. The second kappa shape index (κ2) is 9.76. The number of urea groups is 1. The standard InChI is InChI=1S/C19H25N3O7/c1-5-7-8-12-16(18(23)28-4)17(21-19(24)20-12)11-9-15(29-6-2)14(27-3)10-13(11)22(25)26/h9-10,17H,5-8H2,1-4H3,(H2,20,21,24). The van der Waals surface area contributed by atoms with E-state index < -0.39 is 23.0 Å². The fourth-order valence-corrected chi connectivity index (χ4v) is 3.14. The maximum Gasteiger partial charge on any atom is 0.337 e. The van der Waals surface area contributed by atoms with Crippen LogP contribution in [0.3, 0.4) is 0 Å². The van der Waals surface area contributed by atoms with Crippen LogP contribution in [0.15, 0.2) is 23.4 Å². The molecular weight excluding hydrogens is 382 g/mol. The average molecular weight is 407 g/mol. The van der Waals surface area contributed by atoms with E-state index in [9.17, 15) is 19.7 Å². The summed E-state index contributed by atoms with van der Waals surface area (Å²) in [6.45, 7) is 4.03. The first-order valence-electron chi connectivity index (χ1n) is 9.25. The number of nitro benzene ring substituents is 1. The Bertz CT molecular complexity index is 835. The van der Waals surface area contributed by atoms with Gasteiger partial charge >= 0.3 is 12.0 Å². The smallest absolute Gasteiger partial charge is 0.337 e. The van der Waals surface area contributed by atoms with E-state index in [1.807, 2.05) is 6.92 Å². The molecule has 0 radical (unpaired) electrons. The van der Waals surface area contributed by atoms with Gasteiger partial charge in [-0.2, -0.15) is 0 Å². The minimum Gasteiger partial charge on any atom is -0.493 e. The molecule has 0 bridgehead atoms. The number of benzene rings is 1. The number of unbranched alkanes of at least 4 members (excludes halogenated alkanes) is 1. The van der Waals surface area contributed by atoms with Crippen molar-refractivity contribution in [3.8, 4) is 11.5 Å². The van der Waals surface area contributed by atoms with Gasteiger partial charge < -0.3 is 24.8 Å². The molecule has 29 heavy (non-hydrogen) atoms. The summed E-state index contributed by atoms with van der Waals surface area (Å²) in [5.74, 6) is -0.239. The highest BCUT2D eigenvalue weighted by atomic mass is 16.6. The number of nitro groups is 1. The molecule has 10 heteroatoms. The zero-order chi connectivity index (χ0) is 21.6. The zero-order valence-corrected chi connectivity index (χ0v) is 16.9. The molecule has 1 aromatic rings. The molecule has 2 rings (SSSR count). The molecule has 0 spiro atoms. The number of allylic oxidation sites excluding steroid dienone is 1. The minimum atomic E-state index is -1.08. The van der Waals surface area contributed by atoms with Crippen LogP contribution < -0.4 is 20.1 Å². The fourth-order valence-electron chi connectivity index (χ4n) is 3.14. The number of carbonyl (C=O) groups is 2. The van der Waals surface area contributed by atoms with Gasteiger partial charge in [0.05, 0.1) is 49.0 Å². The Morgan fingerprint density at radius 2 is 1.97 bits per heavy atom. The van der Waals surface area contributed by atoms with Crippen molar-refractivity contribution in [3.63, 3.8) is 0 Å². The summed E-state index contributed by atoms with van der Waals surface area (Å²) < 4.78 is 15.6. The van der Waals surface area contributed by atoms with Gasteiger partial charge in [-0.25, -0.2) is 9.59 Å². The Balaban J connectivity index is 2.73. The molecular formula is C19H25N3O7. The van der Waals surface area contributed by atoms with E-state index >= 15 is 0 Å². The van der Waals surface area contributed by atoms with Gasteiger partial charge in [-0.3, -0.25) is 10.1 Å². The summed E-state index contributed by atoms with van der Waals surface area (Å²) in [7, 11) is 2.59. The van der Waals surface area contributed by atoms with E-state index in [4.69, 9.17) is 14.2 Å². The largest absolute Gasteiger partial charge is 0.493 e. The summed E-state index contributed by atoms with van der Waals surface area (Å²) in [4.78, 5) is 35.9. The van der Waals surface area contributed by atoms with E-state index in [-0.39, 0.29) is 28.3 Å². The Kier molecular flexibility index (Phi) is 7.40. The first kappa shape index (κ1) is 22.0. The van der Waals surface area contributed by atoms with Crippen LogP contribution in [0.1, 0.15) is 44.7 Å². The Morgan fingerprint density at radius 1 is 1.24 bits per heavy atom. The molecule has 0 saturated carbocycles. The molecule has 10 nitrogen and oxygen atoms in total. The van der Waals surface area contributed by atoms with Gasteiger partial charge in [0.1, 0.15) is 0 Å². The van der Waals surface area contributed by atoms with Crippen molar-refractivity contribution >= 4 is 17.7 Å². The SMILES string of the molecule is CCCCC1=C(C(=O)OC)C(c2cc(OCC)c(OC)cc2[N+](=O)[O-])NC(=O)N1. The third kappa shape index (κ3) is 4.76. The number of methoxy groups -OCH3 is 2. The molecule has 1 aromatic carbocycles. The molecule has 1 heterocycles. The van der Waals surface area contributed by atoms with Crippen molar-refractivity contribution in [1.82, 2.24) is 10.6 Å². The normalized spacial score (nSPS) is 16.0. The van der Waals surface area contributed by atoms with Crippen molar-refractivity contribution in [2.75, 3.05) is 20.8 Å². The number of hydrogen-bond acceptors (Lipinski definition) is 7. The second-order valence-corrected chi connectivity index (χ2v) is 6.27. The molecule has 0 fully saturated rings. The van der Waals surface area contributed by atoms with Crippen LogP contribution in [0.25, 0.3) is 0 Å². The first-order valence-corrected chi connectivity index (χ1v) is 9.25. The van der Waals surface area contributed by atoms with Crippen molar-refractivity contribution in [3.05, 3.63) is 39.1 Å². The van der Waals surface area contributed by atoms with Gasteiger partial charge in [0.2, 0.25) is 0 Å². The van der Waals surface area contributed by atoms with Crippen LogP contribution in [0.4, 0.5) is 10.5 Å². The fraction of sp³-hybridized carbons (Fsp3) is 0.474. The van der Waals surface area contributed by atoms with Crippen LogP contribution in [0, 0.1) is 10.1 Å². The summed E-state index contributed by atoms with van der Waals surface area (Å²) in [6.07, 6.45) is 1.98. The van der Waals surface area contributed by atoms with Crippen LogP contribution in [-0.4, -0.2) is 37.8 Å². The highest BCUT2D eigenvalue weighted by Crippen LogP contribution is 2.41. The summed E-state index contributed by atoms with van der Waals surface area (Å²) in [5, 5.41) is 17.0. The number of carbonyl (C=O) groups excluding carboxylic acids is 2. The number of amides is 2. The topological polar surface area (TPSA) is 129 Å². The van der Waals surface area contributed by atoms with E-state index in [1.54, 1.807) is 6.92 Å². The maximum atomic E-state index is 12.5. The third-order valence-electron chi connectivity index (χ3n) is 4.46.